The molecule has 2 heterocycles. The molecule has 0 fully saturated rings. The van der Waals surface area contributed by atoms with Crippen molar-refractivity contribution in [2.45, 2.75) is 26.5 Å². The van der Waals surface area contributed by atoms with Gasteiger partial charge in [0.1, 0.15) is 29.6 Å². The summed E-state index contributed by atoms with van der Waals surface area (Å²) in [6, 6.07) is 7.07. The fourth-order valence-corrected chi connectivity index (χ4v) is 2.92. The van der Waals surface area contributed by atoms with E-state index in [1.54, 1.807) is 36.7 Å². The highest BCUT2D eigenvalue weighted by atomic mass is 35.5. The van der Waals surface area contributed by atoms with Gasteiger partial charge < -0.3 is 14.2 Å². The molecule has 0 unspecified atom stereocenters. The molecule has 0 bridgehead atoms. The Bertz CT molecular complexity index is 878. The Morgan fingerprint density at radius 2 is 2.08 bits per heavy atom. The van der Waals surface area contributed by atoms with Gasteiger partial charge in [-0.1, -0.05) is 23.7 Å². The van der Waals surface area contributed by atoms with Crippen molar-refractivity contribution in [3.63, 3.8) is 0 Å². The first kappa shape index (κ1) is 18.3. The zero-order chi connectivity index (χ0) is 18.5. The number of rotatable bonds is 7. The van der Waals surface area contributed by atoms with Crippen LogP contribution in [0.2, 0.25) is 5.02 Å². The van der Waals surface area contributed by atoms with Gasteiger partial charge >= 0.3 is 0 Å². The molecule has 1 aromatic carbocycles. The lowest BCUT2D eigenvalue weighted by Crippen LogP contribution is -2.26. The summed E-state index contributed by atoms with van der Waals surface area (Å²) in [7, 11) is 1.67. The first-order valence-electron chi connectivity index (χ1n) is 7.95. The van der Waals surface area contributed by atoms with Crippen molar-refractivity contribution in [1.29, 1.82) is 0 Å². The summed E-state index contributed by atoms with van der Waals surface area (Å²) in [6.45, 7) is 2.46. The van der Waals surface area contributed by atoms with Gasteiger partial charge in [0.05, 0.1) is 0 Å². The number of aryl methyl sites for hydroxylation is 1. The van der Waals surface area contributed by atoms with Crippen LogP contribution in [0.3, 0.4) is 0 Å². The van der Waals surface area contributed by atoms with E-state index in [2.05, 4.69) is 15.1 Å². The number of amides is 1. The maximum atomic E-state index is 12.5. The molecule has 3 rings (SSSR count). The molecule has 0 N–H and O–H groups in total. The number of ether oxygens (including phenoxy) is 1. The molecule has 0 radical (unpaired) electrons. The number of aromatic nitrogens is 3. The van der Waals surface area contributed by atoms with E-state index in [9.17, 15) is 4.79 Å². The lowest BCUT2D eigenvalue weighted by molar-refractivity contribution is 0.0764. The highest BCUT2D eigenvalue weighted by Gasteiger charge is 2.18. The highest BCUT2D eigenvalue weighted by molar-refractivity contribution is 7.09. The predicted molar refractivity (Wildman–Crippen MR) is 97.4 cm³/mol. The maximum Gasteiger partial charge on any atom is 0.273 e. The standard InChI is InChI=1S/C17H17ClN4O3S/c1-3-14-20-15(25-21-14)8-22(2)17(23)13-10-26-16(19-13)9-24-12-6-4-11(18)5-7-12/h4-7,10H,3,8-9H2,1-2H3. The average molecular weight is 393 g/mol. The molecule has 136 valence electrons. The van der Waals surface area contributed by atoms with Gasteiger partial charge in [-0.25, -0.2) is 4.98 Å². The molecular formula is C17H17ClN4O3S. The Labute approximate surface area is 159 Å². The van der Waals surface area contributed by atoms with Crippen molar-refractivity contribution in [3.8, 4) is 5.75 Å². The second kappa shape index (κ2) is 8.29. The summed E-state index contributed by atoms with van der Waals surface area (Å²) in [5, 5.41) is 6.89. The number of carbonyl (C=O) groups excluding carboxylic acids is 1. The van der Waals surface area contributed by atoms with E-state index >= 15 is 0 Å². The van der Waals surface area contributed by atoms with Crippen LogP contribution in [0.15, 0.2) is 34.2 Å². The van der Waals surface area contributed by atoms with E-state index in [1.807, 2.05) is 6.92 Å². The summed E-state index contributed by atoms with van der Waals surface area (Å²) in [4.78, 5) is 22.5. The quantitative estimate of drug-likeness (QED) is 0.611. The summed E-state index contributed by atoms with van der Waals surface area (Å²) in [5.74, 6) is 1.50. The zero-order valence-electron chi connectivity index (χ0n) is 14.3. The third kappa shape index (κ3) is 4.59. The lowest BCUT2D eigenvalue weighted by atomic mass is 10.3. The van der Waals surface area contributed by atoms with Gasteiger partial charge in [0.25, 0.3) is 5.91 Å². The molecule has 26 heavy (non-hydrogen) atoms. The third-order valence-electron chi connectivity index (χ3n) is 3.49. The Balaban J connectivity index is 1.57. The van der Waals surface area contributed by atoms with Gasteiger partial charge in [0.15, 0.2) is 5.82 Å². The summed E-state index contributed by atoms with van der Waals surface area (Å²) >= 11 is 7.21. The molecular weight excluding hydrogens is 376 g/mol. The van der Waals surface area contributed by atoms with Crippen LogP contribution < -0.4 is 4.74 Å². The Morgan fingerprint density at radius 3 is 2.77 bits per heavy atom. The number of nitrogens with zero attached hydrogens (tertiary/aromatic N) is 4. The van der Waals surface area contributed by atoms with Crippen molar-refractivity contribution in [2.24, 2.45) is 0 Å². The van der Waals surface area contributed by atoms with Crippen LogP contribution in [-0.4, -0.2) is 33.0 Å². The van der Waals surface area contributed by atoms with Crippen molar-refractivity contribution in [3.05, 3.63) is 57.1 Å². The van der Waals surface area contributed by atoms with E-state index in [0.717, 1.165) is 0 Å². The Kier molecular flexibility index (Phi) is 5.85. The smallest absolute Gasteiger partial charge is 0.273 e. The molecule has 9 heteroatoms. The number of hydrogen-bond acceptors (Lipinski definition) is 7. The second-order valence-corrected chi connectivity index (χ2v) is 6.87. The zero-order valence-corrected chi connectivity index (χ0v) is 15.9. The fourth-order valence-electron chi connectivity index (χ4n) is 2.12. The molecule has 1 amide bonds. The van der Waals surface area contributed by atoms with Crippen LogP contribution in [0.4, 0.5) is 0 Å². The summed E-state index contributed by atoms with van der Waals surface area (Å²) < 4.78 is 10.8. The Hall–Kier alpha value is -2.45. The van der Waals surface area contributed by atoms with Gasteiger partial charge in [-0.2, -0.15) is 4.98 Å². The maximum absolute atomic E-state index is 12.5. The normalized spacial score (nSPS) is 10.7. The molecule has 0 saturated heterocycles. The third-order valence-corrected chi connectivity index (χ3v) is 4.57. The SMILES string of the molecule is CCc1noc(CN(C)C(=O)c2csc(COc3ccc(Cl)cc3)n2)n1. The van der Waals surface area contributed by atoms with Crippen molar-refractivity contribution in [2.75, 3.05) is 7.05 Å². The van der Waals surface area contributed by atoms with Crippen molar-refractivity contribution < 1.29 is 14.1 Å². The van der Waals surface area contributed by atoms with Crippen LogP contribution >= 0.6 is 22.9 Å². The number of benzene rings is 1. The van der Waals surface area contributed by atoms with Gasteiger partial charge in [0.2, 0.25) is 5.89 Å². The molecule has 0 aliphatic rings. The van der Waals surface area contributed by atoms with Crippen LogP contribution in [0.5, 0.6) is 5.75 Å². The number of thiazole rings is 1. The number of halogens is 1. The van der Waals surface area contributed by atoms with E-state index in [0.29, 0.717) is 39.6 Å². The monoisotopic (exact) mass is 392 g/mol. The van der Waals surface area contributed by atoms with Crippen molar-refractivity contribution >= 4 is 28.8 Å². The molecule has 0 aliphatic carbocycles. The minimum atomic E-state index is -0.213. The van der Waals surface area contributed by atoms with Gasteiger partial charge in [-0.05, 0) is 24.3 Å². The van der Waals surface area contributed by atoms with E-state index in [-0.39, 0.29) is 19.1 Å². The largest absolute Gasteiger partial charge is 0.486 e. The first-order chi connectivity index (χ1) is 12.5. The molecule has 2 aromatic heterocycles. The van der Waals surface area contributed by atoms with Crippen LogP contribution in [-0.2, 0) is 19.6 Å². The molecule has 0 aliphatic heterocycles. The average Bonchev–Trinajstić information content (AvgIpc) is 3.30. The first-order valence-corrected chi connectivity index (χ1v) is 9.20. The molecule has 0 spiro atoms. The minimum absolute atomic E-state index is 0.213. The second-order valence-electron chi connectivity index (χ2n) is 5.49. The molecule has 3 aromatic rings. The van der Waals surface area contributed by atoms with Crippen LogP contribution in [0.25, 0.3) is 0 Å². The van der Waals surface area contributed by atoms with E-state index in [1.165, 1.54) is 16.2 Å². The topological polar surface area (TPSA) is 81.4 Å². The van der Waals surface area contributed by atoms with Gasteiger partial charge in [-0.3, -0.25) is 4.79 Å². The van der Waals surface area contributed by atoms with Gasteiger partial charge in [-0.15, -0.1) is 11.3 Å². The minimum Gasteiger partial charge on any atom is -0.486 e. The summed E-state index contributed by atoms with van der Waals surface area (Å²) in [6.07, 6.45) is 0.685. The van der Waals surface area contributed by atoms with Crippen molar-refractivity contribution in [1.82, 2.24) is 20.0 Å². The van der Waals surface area contributed by atoms with Gasteiger partial charge in [0, 0.05) is 23.9 Å². The van der Waals surface area contributed by atoms with E-state index in [4.69, 9.17) is 20.9 Å². The predicted octanol–water partition coefficient (Wildman–Crippen LogP) is 3.59. The molecule has 0 saturated carbocycles. The molecule has 0 atom stereocenters. The van der Waals surface area contributed by atoms with E-state index < -0.39 is 0 Å². The summed E-state index contributed by atoms with van der Waals surface area (Å²) in [5.41, 5.74) is 0.363. The van der Waals surface area contributed by atoms with Crippen LogP contribution in [0, 0.1) is 0 Å². The number of carbonyl (C=O) groups is 1. The number of hydrogen-bond donors (Lipinski definition) is 0. The Morgan fingerprint density at radius 1 is 1.31 bits per heavy atom. The van der Waals surface area contributed by atoms with Crippen LogP contribution in [0.1, 0.15) is 34.1 Å². The lowest BCUT2D eigenvalue weighted by Gasteiger charge is -2.12. The fraction of sp³-hybridized carbons (Fsp3) is 0.294. The molecule has 7 nitrogen and oxygen atoms in total. The highest BCUT2D eigenvalue weighted by Crippen LogP contribution is 2.19.